The van der Waals surface area contributed by atoms with Crippen LogP contribution in [-0.4, -0.2) is 32.1 Å². The Morgan fingerprint density at radius 3 is 2.50 bits per heavy atom. The molecule has 1 aromatic carbocycles. The first kappa shape index (κ1) is 12.7. The van der Waals surface area contributed by atoms with Gasteiger partial charge in [0.25, 0.3) is 0 Å². The van der Waals surface area contributed by atoms with Gasteiger partial charge >= 0.3 is 0 Å². The van der Waals surface area contributed by atoms with Crippen molar-refractivity contribution in [2.75, 3.05) is 19.3 Å². The average molecular weight is 238 g/mol. The summed E-state index contributed by atoms with van der Waals surface area (Å²) in [5.41, 5.74) is 0.983. The fourth-order valence-electron chi connectivity index (χ4n) is 1.25. The summed E-state index contributed by atoms with van der Waals surface area (Å²) in [6.07, 6.45) is 0.471. The molecule has 0 aliphatic carbocycles. The highest BCUT2D eigenvalue weighted by molar-refractivity contribution is 7.89. The van der Waals surface area contributed by atoms with E-state index in [2.05, 4.69) is 0 Å². The standard InChI is InChI=1S/C11H14N2O2S/c1-13(9-8-12)16(14,15)10-7-11-5-3-2-4-6-11/h2-6H,7,9-10H2,1H3. The van der Waals surface area contributed by atoms with E-state index in [1.807, 2.05) is 36.4 Å². The fraction of sp³-hybridized carbons (Fsp3) is 0.364. The molecule has 86 valence electrons. The molecule has 5 heteroatoms. The Hall–Kier alpha value is -1.38. The molecule has 0 aliphatic rings. The number of hydrogen-bond donors (Lipinski definition) is 0. The lowest BCUT2D eigenvalue weighted by Gasteiger charge is -2.13. The number of nitriles is 1. The summed E-state index contributed by atoms with van der Waals surface area (Å²) in [6, 6.07) is 11.2. The van der Waals surface area contributed by atoms with Crippen molar-refractivity contribution in [1.29, 1.82) is 5.26 Å². The third kappa shape index (κ3) is 3.65. The quantitative estimate of drug-likeness (QED) is 0.719. The lowest BCUT2D eigenvalue weighted by Crippen LogP contribution is -2.30. The molecule has 0 spiro atoms. The summed E-state index contributed by atoms with van der Waals surface area (Å²) in [5.74, 6) is 0.0369. The lowest BCUT2D eigenvalue weighted by atomic mass is 10.2. The first-order chi connectivity index (χ1) is 7.56. The largest absolute Gasteiger partial charge is 0.215 e. The predicted octanol–water partition coefficient (Wildman–Crippen LogP) is 1.01. The van der Waals surface area contributed by atoms with Crippen molar-refractivity contribution in [3.8, 4) is 6.07 Å². The second kappa shape index (κ2) is 5.64. The maximum absolute atomic E-state index is 11.7. The minimum Gasteiger partial charge on any atom is -0.212 e. The molecule has 0 N–H and O–H groups in total. The molecule has 0 fully saturated rings. The van der Waals surface area contributed by atoms with Crippen LogP contribution in [0.5, 0.6) is 0 Å². The van der Waals surface area contributed by atoms with E-state index in [-0.39, 0.29) is 12.3 Å². The van der Waals surface area contributed by atoms with Crippen LogP contribution in [0.4, 0.5) is 0 Å². The van der Waals surface area contributed by atoms with E-state index in [0.717, 1.165) is 9.87 Å². The van der Waals surface area contributed by atoms with Gasteiger partial charge < -0.3 is 0 Å². The zero-order valence-electron chi connectivity index (χ0n) is 9.13. The van der Waals surface area contributed by atoms with Crippen molar-refractivity contribution in [2.45, 2.75) is 6.42 Å². The Morgan fingerprint density at radius 1 is 1.31 bits per heavy atom. The van der Waals surface area contributed by atoms with Crippen LogP contribution < -0.4 is 0 Å². The minimum absolute atomic E-state index is 0.0369. The Bertz CT molecular complexity index is 463. The molecule has 0 unspecified atom stereocenters. The topological polar surface area (TPSA) is 61.2 Å². The van der Waals surface area contributed by atoms with Crippen molar-refractivity contribution in [1.82, 2.24) is 4.31 Å². The molecule has 0 heterocycles. The van der Waals surface area contributed by atoms with Gasteiger partial charge in [0, 0.05) is 7.05 Å². The molecule has 1 aromatic rings. The Kier molecular flexibility index (Phi) is 4.47. The Morgan fingerprint density at radius 2 is 1.94 bits per heavy atom. The second-order valence-electron chi connectivity index (χ2n) is 3.47. The van der Waals surface area contributed by atoms with Gasteiger partial charge in [0.05, 0.1) is 11.8 Å². The molecule has 0 amide bonds. The zero-order chi connectivity index (χ0) is 12.0. The Balaban J connectivity index is 2.59. The predicted molar refractivity (Wildman–Crippen MR) is 62.2 cm³/mol. The van der Waals surface area contributed by atoms with Crippen LogP contribution in [0.1, 0.15) is 5.56 Å². The second-order valence-corrected chi connectivity index (χ2v) is 5.66. The molecule has 0 aliphatic heterocycles. The number of hydrogen-bond acceptors (Lipinski definition) is 3. The van der Waals surface area contributed by atoms with Crippen LogP contribution in [0.3, 0.4) is 0 Å². The monoisotopic (exact) mass is 238 g/mol. The highest BCUT2D eigenvalue weighted by atomic mass is 32.2. The summed E-state index contributed by atoms with van der Waals surface area (Å²) in [5, 5.41) is 8.43. The van der Waals surface area contributed by atoms with Gasteiger partial charge in [-0.25, -0.2) is 8.42 Å². The molecule has 4 nitrogen and oxygen atoms in total. The normalized spacial score (nSPS) is 11.3. The van der Waals surface area contributed by atoms with E-state index in [0.29, 0.717) is 6.42 Å². The van der Waals surface area contributed by atoms with E-state index in [1.54, 1.807) is 0 Å². The number of aryl methyl sites for hydroxylation is 1. The van der Waals surface area contributed by atoms with Crippen LogP contribution in [-0.2, 0) is 16.4 Å². The van der Waals surface area contributed by atoms with Crippen LogP contribution in [0.2, 0.25) is 0 Å². The van der Waals surface area contributed by atoms with Gasteiger partial charge in [0.1, 0.15) is 6.54 Å². The van der Waals surface area contributed by atoms with Gasteiger partial charge in [-0.2, -0.15) is 9.57 Å². The summed E-state index contributed by atoms with van der Waals surface area (Å²) in [6.45, 7) is -0.100. The first-order valence-electron chi connectivity index (χ1n) is 4.91. The zero-order valence-corrected chi connectivity index (χ0v) is 9.94. The summed E-state index contributed by atoms with van der Waals surface area (Å²) in [4.78, 5) is 0. The number of nitrogens with zero attached hydrogens (tertiary/aromatic N) is 2. The smallest absolute Gasteiger partial charge is 0.212 e. The molecule has 0 bridgehead atoms. The van der Waals surface area contributed by atoms with Crippen LogP contribution in [0, 0.1) is 11.3 Å². The van der Waals surface area contributed by atoms with Crippen LogP contribution in [0.25, 0.3) is 0 Å². The van der Waals surface area contributed by atoms with Crippen LogP contribution >= 0.6 is 0 Å². The van der Waals surface area contributed by atoms with E-state index in [1.165, 1.54) is 7.05 Å². The number of sulfonamides is 1. The van der Waals surface area contributed by atoms with Gasteiger partial charge in [0.2, 0.25) is 10.0 Å². The SMILES string of the molecule is CN(CC#N)S(=O)(=O)CCc1ccccc1. The van der Waals surface area contributed by atoms with Crippen molar-refractivity contribution in [2.24, 2.45) is 0 Å². The Labute approximate surface area is 96.2 Å². The van der Waals surface area contributed by atoms with Gasteiger partial charge in [-0.1, -0.05) is 30.3 Å². The average Bonchev–Trinajstić information content (AvgIpc) is 2.28. The van der Waals surface area contributed by atoms with E-state index < -0.39 is 10.0 Å². The maximum atomic E-state index is 11.7. The highest BCUT2D eigenvalue weighted by Gasteiger charge is 2.16. The highest BCUT2D eigenvalue weighted by Crippen LogP contribution is 2.04. The van der Waals surface area contributed by atoms with Gasteiger partial charge in [-0.05, 0) is 12.0 Å². The van der Waals surface area contributed by atoms with Crippen LogP contribution in [0.15, 0.2) is 30.3 Å². The summed E-state index contributed by atoms with van der Waals surface area (Å²) < 4.78 is 24.4. The number of rotatable bonds is 5. The van der Waals surface area contributed by atoms with Crippen molar-refractivity contribution >= 4 is 10.0 Å². The molecule has 0 saturated carbocycles. The number of benzene rings is 1. The van der Waals surface area contributed by atoms with E-state index in [9.17, 15) is 8.42 Å². The van der Waals surface area contributed by atoms with E-state index in [4.69, 9.17) is 5.26 Å². The molecule has 0 saturated heterocycles. The third-order valence-electron chi connectivity index (χ3n) is 2.26. The molecule has 0 aromatic heterocycles. The van der Waals surface area contributed by atoms with Crippen molar-refractivity contribution in [3.05, 3.63) is 35.9 Å². The molecular formula is C11H14N2O2S. The van der Waals surface area contributed by atoms with E-state index >= 15 is 0 Å². The molecule has 1 rings (SSSR count). The first-order valence-corrected chi connectivity index (χ1v) is 6.52. The fourth-order valence-corrected chi connectivity index (χ4v) is 2.31. The lowest BCUT2D eigenvalue weighted by molar-refractivity contribution is 0.501. The van der Waals surface area contributed by atoms with Crippen molar-refractivity contribution in [3.63, 3.8) is 0 Å². The minimum atomic E-state index is -3.31. The molecule has 16 heavy (non-hydrogen) atoms. The third-order valence-corrected chi connectivity index (χ3v) is 4.06. The van der Waals surface area contributed by atoms with Gasteiger partial charge in [-0.3, -0.25) is 0 Å². The molecule has 0 atom stereocenters. The van der Waals surface area contributed by atoms with Gasteiger partial charge in [0.15, 0.2) is 0 Å². The maximum Gasteiger partial charge on any atom is 0.215 e. The van der Waals surface area contributed by atoms with Crippen molar-refractivity contribution < 1.29 is 8.42 Å². The molecule has 0 radical (unpaired) electrons. The molecular weight excluding hydrogens is 224 g/mol. The summed E-state index contributed by atoms with van der Waals surface area (Å²) >= 11 is 0. The van der Waals surface area contributed by atoms with Gasteiger partial charge in [-0.15, -0.1) is 0 Å². The summed E-state index contributed by atoms with van der Waals surface area (Å²) in [7, 11) is -1.89.